The predicted octanol–water partition coefficient (Wildman–Crippen LogP) is 2.87. The molecule has 1 aromatic carbocycles. The van der Waals surface area contributed by atoms with E-state index in [-0.39, 0.29) is 46.5 Å². The number of alkyl carbamates (subject to hydrolysis) is 1. The number of hydrogen-bond donors (Lipinski definition) is 7. The van der Waals surface area contributed by atoms with E-state index in [0.29, 0.717) is 24.1 Å². The molecule has 1 amide bonds. The van der Waals surface area contributed by atoms with E-state index in [1.54, 1.807) is 12.1 Å². The van der Waals surface area contributed by atoms with Crippen molar-refractivity contribution in [2.45, 2.75) is 106 Å². The van der Waals surface area contributed by atoms with Gasteiger partial charge in [0.05, 0.1) is 19.5 Å². The number of nitrogens with zero attached hydrogens (tertiary/aromatic N) is 9. The largest absolute Gasteiger partial charge is 0.472 e. The van der Waals surface area contributed by atoms with Gasteiger partial charge in [-0.15, -0.1) is 0 Å². The summed E-state index contributed by atoms with van der Waals surface area (Å²) in [7, 11) is -8.06. The van der Waals surface area contributed by atoms with Crippen molar-refractivity contribution in [1.82, 2.24) is 34.4 Å². The van der Waals surface area contributed by atoms with Crippen LogP contribution in [0, 0.1) is 0 Å². The molecule has 3 saturated heterocycles. The van der Waals surface area contributed by atoms with Crippen molar-refractivity contribution in [2.75, 3.05) is 37.0 Å². The number of phosphoric ester groups is 2. The molecule has 3 aliphatic rings. The highest BCUT2D eigenvalue weighted by molar-refractivity contribution is 8.77. The SMILES string of the molecule is CC(C)(C)SSC[C@@H](NC(=O)OCc1ccc(N=[N+]=[N-])cc1)C(=O)O[C@H]1[C@@H](O)[C@H](n2cnc3c(N)ncnc32)O[C@@H]1COP(=O)(O)O[C@H]1[C@@H](OC2CCCO2)[C@H](n2ccc(N)nc2=O)O[C@@H]1COP(=O)(O)O. The van der Waals surface area contributed by atoms with Crippen molar-refractivity contribution in [3.63, 3.8) is 0 Å². The zero-order valence-corrected chi connectivity index (χ0v) is 41.7. The Hall–Kier alpha value is -4.98. The molecule has 34 heteroatoms. The molecule has 0 spiro atoms. The summed E-state index contributed by atoms with van der Waals surface area (Å²) < 4.78 is 78.7. The zero-order chi connectivity index (χ0) is 52.0. The number of aliphatic hydroxyl groups is 1. The molecule has 0 bridgehead atoms. The number of amides is 1. The molecule has 11 atom stereocenters. The average Bonchev–Trinajstić information content (AvgIpc) is 4.11. The number of aliphatic hydroxyl groups excluding tert-OH is 1. The van der Waals surface area contributed by atoms with Crippen LogP contribution in [0.2, 0.25) is 0 Å². The summed E-state index contributed by atoms with van der Waals surface area (Å²) in [5.74, 6) is -1.36. The van der Waals surface area contributed by atoms with E-state index in [2.05, 4.69) is 35.3 Å². The number of imidazole rings is 1. The lowest BCUT2D eigenvalue weighted by Gasteiger charge is -2.29. The molecule has 0 saturated carbocycles. The third kappa shape index (κ3) is 14.4. The van der Waals surface area contributed by atoms with Crippen molar-refractivity contribution in [3.05, 3.63) is 75.7 Å². The molecule has 6 heterocycles. The first-order valence-corrected chi connectivity index (χ1v) is 26.9. The van der Waals surface area contributed by atoms with Crippen molar-refractivity contribution >= 4 is 77.8 Å². The molecule has 30 nitrogen and oxygen atoms in total. The van der Waals surface area contributed by atoms with Gasteiger partial charge in [0.2, 0.25) is 0 Å². The average molecular weight is 1090 g/mol. The van der Waals surface area contributed by atoms with Crippen molar-refractivity contribution < 1.29 is 80.5 Å². The van der Waals surface area contributed by atoms with Gasteiger partial charge in [-0.1, -0.05) is 71.7 Å². The molecule has 3 aromatic heterocycles. The lowest BCUT2D eigenvalue weighted by atomic mass is 10.1. The number of esters is 1. The van der Waals surface area contributed by atoms with E-state index in [4.69, 9.17) is 59.0 Å². The maximum absolute atomic E-state index is 14.2. The van der Waals surface area contributed by atoms with Gasteiger partial charge in [-0.2, -0.15) is 4.98 Å². The van der Waals surface area contributed by atoms with Gasteiger partial charge in [-0.3, -0.25) is 22.7 Å². The highest BCUT2D eigenvalue weighted by Crippen LogP contribution is 2.51. The lowest BCUT2D eigenvalue weighted by molar-refractivity contribution is -0.181. The number of fused-ring (bicyclic) bond motifs is 1. The number of azide groups is 1. The first kappa shape index (κ1) is 54.8. The quantitative estimate of drug-likeness (QED) is 0.0157. The summed E-state index contributed by atoms with van der Waals surface area (Å²) in [6.45, 7) is 3.85. The van der Waals surface area contributed by atoms with E-state index in [1.165, 1.54) is 56.9 Å². The number of nitrogens with two attached hydrogens (primary N) is 2. The minimum absolute atomic E-state index is 0.0222. The van der Waals surface area contributed by atoms with E-state index < -0.39 is 108 Å². The van der Waals surface area contributed by atoms with Crippen LogP contribution in [-0.4, -0.2) is 140 Å². The summed E-state index contributed by atoms with van der Waals surface area (Å²) >= 11 is 0. The van der Waals surface area contributed by atoms with Crippen LogP contribution in [0.3, 0.4) is 0 Å². The number of rotatable bonds is 21. The van der Waals surface area contributed by atoms with Crippen LogP contribution in [0.25, 0.3) is 21.6 Å². The van der Waals surface area contributed by atoms with Crippen molar-refractivity contribution in [1.29, 1.82) is 0 Å². The number of anilines is 2. The summed E-state index contributed by atoms with van der Waals surface area (Å²) in [4.78, 5) is 89.7. The number of ether oxygens (including phenoxy) is 6. The van der Waals surface area contributed by atoms with Gasteiger partial charge >= 0.3 is 33.4 Å². The Bertz CT molecular complexity index is 2760. The first-order chi connectivity index (χ1) is 34.1. The smallest absolute Gasteiger partial charge is 0.455 e. The molecule has 7 rings (SSSR count). The number of benzene rings is 1. The van der Waals surface area contributed by atoms with Crippen LogP contribution in [0.15, 0.2) is 59.1 Å². The molecule has 72 heavy (non-hydrogen) atoms. The van der Waals surface area contributed by atoms with E-state index in [9.17, 15) is 43.3 Å². The summed E-state index contributed by atoms with van der Waals surface area (Å²) in [5.41, 5.74) is 20.5. The molecule has 2 unspecified atom stereocenters. The number of nitrogens with one attached hydrogen (secondary N) is 1. The maximum Gasteiger partial charge on any atom is 0.472 e. The molecule has 9 N–H and O–H groups in total. The first-order valence-electron chi connectivity index (χ1n) is 21.6. The van der Waals surface area contributed by atoms with Crippen molar-refractivity contribution in [3.8, 4) is 0 Å². The number of carbonyl (C=O) groups excluding carboxylic acids is 2. The van der Waals surface area contributed by atoms with Gasteiger partial charge in [0, 0.05) is 40.3 Å². The van der Waals surface area contributed by atoms with Gasteiger partial charge in [-0.05, 0) is 23.6 Å². The molecular formula is C38H50N12O18P2S2. The highest BCUT2D eigenvalue weighted by Gasteiger charge is 2.54. The second-order valence-electron chi connectivity index (χ2n) is 16.9. The highest BCUT2D eigenvalue weighted by atomic mass is 33.1. The van der Waals surface area contributed by atoms with E-state index in [1.807, 2.05) is 20.8 Å². The molecule has 3 aliphatic heterocycles. The van der Waals surface area contributed by atoms with Crippen LogP contribution < -0.4 is 22.5 Å². The van der Waals surface area contributed by atoms with Gasteiger partial charge in [-0.25, -0.2) is 38.5 Å². The van der Waals surface area contributed by atoms with Crippen LogP contribution in [-0.2, 0) is 62.5 Å². The Labute approximate surface area is 415 Å². The second kappa shape index (κ2) is 23.5. The number of phosphoric acid groups is 2. The summed E-state index contributed by atoms with van der Waals surface area (Å²) in [6, 6.07) is 5.97. The van der Waals surface area contributed by atoms with Crippen molar-refractivity contribution in [2.24, 2.45) is 5.11 Å². The summed E-state index contributed by atoms with van der Waals surface area (Å²) in [5, 5.41) is 17.9. The fourth-order valence-corrected chi connectivity index (χ4v) is 11.1. The lowest BCUT2D eigenvalue weighted by Crippen LogP contribution is -2.48. The van der Waals surface area contributed by atoms with Gasteiger partial charge in [0.1, 0.15) is 60.8 Å². The number of nitrogen functional groups attached to an aromatic ring is 2. The number of aromatic nitrogens is 6. The predicted molar refractivity (Wildman–Crippen MR) is 251 cm³/mol. The molecule has 392 valence electrons. The molecule has 0 radical (unpaired) electrons. The standard InChI is InChI=1S/C38H50N12O18P2S2/c1-38(2,3)72-71-16-21(45-37(54)61-13-19-6-8-20(9-7-19)47-48-41)35(52)67-28-22(64-33(27(28)51)50-18-44-26-31(40)42-17-43-32(26)50)15-63-70(58,59)68-29-23(14-62-69(55,56)57)65-34(30(29)66-25-5-4-12-60-25)49-11-10-24(39)46-36(49)53/h6-11,17-18,21-23,25,27-30,33-34,51H,4-5,12-16H2,1-3H3,(H,45,54)(H,58,59)(H2,39,46,53)(H2,40,42,43)(H2,55,56,57)/t21-,22-,23-,25?,27-,28-,29-,30-,33-,34-/m1/s1. The minimum atomic E-state index is -5.46. The van der Waals surface area contributed by atoms with Gasteiger partial charge in [0.15, 0.2) is 36.3 Å². The van der Waals surface area contributed by atoms with E-state index >= 15 is 0 Å². The number of hydrogen-bond acceptors (Lipinski definition) is 24. The molecular weight excluding hydrogens is 1040 g/mol. The zero-order valence-electron chi connectivity index (χ0n) is 38.2. The number of carbonyl (C=O) groups is 2. The Balaban J connectivity index is 1.14. The molecule has 3 fully saturated rings. The Morgan fingerprint density at radius 3 is 2.42 bits per heavy atom. The normalized spacial score (nSPS) is 25.7. The summed E-state index contributed by atoms with van der Waals surface area (Å²) in [6.07, 6.45) is -10.8. The Kier molecular flexibility index (Phi) is 17.9. The fourth-order valence-electron chi connectivity index (χ4n) is 7.30. The van der Waals surface area contributed by atoms with Crippen LogP contribution in [0.1, 0.15) is 51.6 Å². The fraction of sp³-hybridized carbons (Fsp3) is 0.553. The monoisotopic (exact) mass is 1090 g/mol. The molecule has 4 aromatic rings. The topological polar surface area (TPSA) is 424 Å². The van der Waals surface area contributed by atoms with Crippen LogP contribution >= 0.6 is 37.2 Å². The second-order valence-corrected chi connectivity index (χ2v) is 22.7. The maximum atomic E-state index is 14.2. The van der Waals surface area contributed by atoms with Gasteiger partial charge < -0.3 is 65.0 Å². The van der Waals surface area contributed by atoms with Gasteiger partial charge in [0.25, 0.3) is 0 Å². The Morgan fingerprint density at radius 1 is 1.01 bits per heavy atom. The minimum Gasteiger partial charge on any atom is -0.455 e. The Morgan fingerprint density at radius 2 is 1.74 bits per heavy atom. The van der Waals surface area contributed by atoms with E-state index in [0.717, 1.165) is 10.9 Å². The van der Waals surface area contributed by atoms with Crippen LogP contribution in [0.4, 0.5) is 22.1 Å². The third-order valence-corrected chi connectivity index (χ3v) is 15.3. The van der Waals surface area contributed by atoms with Crippen LogP contribution in [0.5, 0.6) is 0 Å². The third-order valence-electron chi connectivity index (χ3n) is 10.5. The molecule has 0 aliphatic carbocycles.